The molecule has 4 rings (SSSR count). The van der Waals surface area contributed by atoms with E-state index >= 15 is 0 Å². The molecular weight excluding hydrogens is 298 g/mol. The van der Waals surface area contributed by atoms with E-state index in [2.05, 4.69) is 36.9 Å². The van der Waals surface area contributed by atoms with Gasteiger partial charge in [0.15, 0.2) is 5.78 Å². The van der Waals surface area contributed by atoms with Gasteiger partial charge in [0.1, 0.15) is 11.9 Å². The molecule has 1 aliphatic heterocycles. The quantitative estimate of drug-likeness (QED) is 0.806. The summed E-state index contributed by atoms with van der Waals surface area (Å²) in [7, 11) is 0. The first-order valence-corrected chi connectivity index (χ1v) is 8.26. The zero-order valence-electron chi connectivity index (χ0n) is 14.0. The van der Waals surface area contributed by atoms with Crippen LogP contribution >= 0.6 is 0 Å². The molecule has 0 bridgehead atoms. The van der Waals surface area contributed by atoms with Crippen LogP contribution in [0.25, 0.3) is 0 Å². The van der Waals surface area contributed by atoms with Gasteiger partial charge in [-0.05, 0) is 29.0 Å². The molecule has 0 fully saturated rings. The summed E-state index contributed by atoms with van der Waals surface area (Å²) in [6.45, 7) is 5.71. The minimum Gasteiger partial charge on any atom is -0.347 e. The Morgan fingerprint density at radius 2 is 1.83 bits per heavy atom. The number of hydrogen-bond donors (Lipinski definition) is 0. The van der Waals surface area contributed by atoms with Gasteiger partial charge < -0.3 is 4.90 Å². The molecular formula is C20H19N3O. The van der Waals surface area contributed by atoms with Crippen LogP contribution in [-0.2, 0) is 19.5 Å². The molecule has 0 radical (unpaired) electrons. The Kier molecular flexibility index (Phi) is 3.21. The summed E-state index contributed by atoms with van der Waals surface area (Å²) in [5.41, 5.74) is 4.44. The lowest BCUT2D eigenvalue weighted by atomic mass is 9.75. The number of ketones is 1. The van der Waals surface area contributed by atoms with Crippen LogP contribution < -0.4 is 4.90 Å². The monoisotopic (exact) mass is 317 g/mol. The molecule has 2 heterocycles. The predicted octanol–water partition coefficient (Wildman–Crippen LogP) is 3.63. The van der Waals surface area contributed by atoms with Crippen molar-refractivity contribution in [3.05, 3.63) is 58.3 Å². The van der Waals surface area contributed by atoms with Gasteiger partial charge in [0.25, 0.3) is 0 Å². The number of carbonyl (C=O) groups excluding carboxylic acids is 1. The van der Waals surface area contributed by atoms with Crippen LogP contribution in [-0.4, -0.2) is 10.8 Å². The fraction of sp³-hybridized carbons (Fsp3) is 0.350. The molecule has 120 valence electrons. The Morgan fingerprint density at radius 3 is 2.46 bits per heavy atom. The maximum Gasteiger partial charge on any atom is 0.165 e. The Hall–Kier alpha value is -2.67. The van der Waals surface area contributed by atoms with Gasteiger partial charge in [0, 0.05) is 25.1 Å². The maximum atomic E-state index is 12.4. The Balaban J connectivity index is 1.78. The molecule has 0 amide bonds. The van der Waals surface area contributed by atoms with E-state index in [0.29, 0.717) is 23.4 Å². The van der Waals surface area contributed by atoms with Crippen LogP contribution in [0.5, 0.6) is 0 Å². The van der Waals surface area contributed by atoms with E-state index in [-0.39, 0.29) is 11.2 Å². The van der Waals surface area contributed by atoms with Crippen LogP contribution in [0.3, 0.4) is 0 Å². The number of anilines is 1. The fourth-order valence-electron chi connectivity index (χ4n) is 3.77. The van der Waals surface area contributed by atoms with Crippen molar-refractivity contribution in [2.75, 3.05) is 4.90 Å². The van der Waals surface area contributed by atoms with Gasteiger partial charge in [0.2, 0.25) is 0 Å². The smallest absolute Gasteiger partial charge is 0.165 e. The summed E-state index contributed by atoms with van der Waals surface area (Å²) in [6, 6.07) is 12.3. The molecule has 1 aromatic heterocycles. The SMILES string of the molecule is CC1(C)CC(=O)c2cc(C#N)c(N3Cc4ccccc4C3)nc2C1. The highest BCUT2D eigenvalue weighted by Gasteiger charge is 2.34. The third-order valence-corrected chi connectivity index (χ3v) is 4.93. The lowest BCUT2D eigenvalue weighted by Crippen LogP contribution is -2.29. The minimum atomic E-state index is -0.0729. The highest BCUT2D eigenvalue weighted by molar-refractivity contribution is 5.99. The van der Waals surface area contributed by atoms with Crippen molar-refractivity contribution >= 4 is 11.6 Å². The first-order chi connectivity index (χ1) is 11.5. The summed E-state index contributed by atoms with van der Waals surface area (Å²) in [6.07, 6.45) is 1.29. The molecule has 0 N–H and O–H groups in total. The molecule has 4 nitrogen and oxygen atoms in total. The number of nitrogens with zero attached hydrogens (tertiary/aromatic N) is 3. The van der Waals surface area contributed by atoms with Crippen LogP contribution in [0.4, 0.5) is 5.82 Å². The third kappa shape index (κ3) is 2.37. The number of fused-ring (bicyclic) bond motifs is 2. The van der Waals surface area contributed by atoms with E-state index in [1.807, 2.05) is 12.1 Å². The zero-order valence-corrected chi connectivity index (χ0v) is 14.0. The zero-order chi connectivity index (χ0) is 16.9. The molecule has 0 saturated heterocycles. The van der Waals surface area contributed by atoms with Crippen molar-refractivity contribution in [2.24, 2.45) is 5.41 Å². The second kappa shape index (κ2) is 5.17. The Bertz CT molecular complexity index is 867. The van der Waals surface area contributed by atoms with Crippen molar-refractivity contribution in [1.82, 2.24) is 4.98 Å². The summed E-state index contributed by atoms with van der Waals surface area (Å²) in [5.74, 6) is 0.805. The summed E-state index contributed by atoms with van der Waals surface area (Å²) in [5, 5.41) is 9.56. The third-order valence-electron chi connectivity index (χ3n) is 4.93. The summed E-state index contributed by atoms with van der Waals surface area (Å²) in [4.78, 5) is 19.3. The molecule has 1 aliphatic carbocycles. The van der Waals surface area contributed by atoms with Gasteiger partial charge in [-0.3, -0.25) is 4.79 Å². The van der Waals surface area contributed by atoms with Crippen molar-refractivity contribution in [3.8, 4) is 6.07 Å². The van der Waals surface area contributed by atoms with Crippen LogP contribution in [0.2, 0.25) is 0 Å². The lowest BCUT2D eigenvalue weighted by molar-refractivity contribution is 0.0910. The van der Waals surface area contributed by atoms with Crippen LogP contribution in [0.1, 0.15) is 53.0 Å². The van der Waals surface area contributed by atoms with Gasteiger partial charge in [-0.1, -0.05) is 38.1 Å². The lowest BCUT2D eigenvalue weighted by Gasteiger charge is -2.30. The van der Waals surface area contributed by atoms with E-state index in [1.165, 1.54) is 11.1 Å². The van der Waals surface area contributed by atoms with E-state index in [4.69, 9.17) is 4.98 Å². The molecule has 2 aromatic rings. The Labute approximate surface area is 141 Å². The number of hydrogen-bond acceptors (Lipinski definition) is 4. The summed E-state index contributed by atoms with van der Waals surface area (Å²) >= 11 is 0. The van der Waals surface area contributed by atoms with E-state index < -0.39 is 0 Å². The Morgan fingerprint density at radius 1 is 1.17 bits per heavy atom. The largest absolute Gasteiger partial charge is 0.347 e. The molecule has 0 spiro atoms. The highest BCUT2D eigenvalue weighted by Crippen LogP contribution is 2.37. The molecule has 2 aliphatic rings. The van der Waals surface area contributed by atoms with Gasteiger partial charge in [-0.25, -0.2) is 4.98 Å². The number of benzene rings is 1. The number of Topliss-reactive ketones (excluding diaryl/α,β-unsaturated/α-hetero) is 1. The van der Waals surface area contributed by atoms with Crippen LogP contribution in [0.15, 0.2) is 30.3 Å². The molecule has 0 saturated carbocycles. The van der Waals surface area contributed by atoms with Crippen molar-refractivity contribution in [2.45, 2.75) is 39.8 Å². The minimum absolute atomic E-state index is 0.0729. The van der Waals surface area contributed by atoms with Gasteiger partial charge in [-0.15, -0.1) is 0 Å². The number of aromatic nitrogens is 1. The molecule has 0 unspecified atom stereocenters. The molecule has 0 atom stereocenters. The molecule has 4 heteroatoms. The van der Waals surface area contributed by atoms with Gasteiger partial charge in [0.05, 0.1) is 11.3 Å². The molecule has 1 aromatic carbocycles. The number of nitriles is 1. The van der Waals surface area contributed by atoms with Crippen molar-refractivity contribution < 1.29 is 4.79 Å². The highest BCUT2D eigenvalue weighted by atomic mass is 16.1. The van der Waals surface area contributed by atoms with Crippen molar-refractivity contribution in [3.63, 3.8) is 0 Å². The normalized spacial score (nSPS) is 18.0. The standard InChI is InChI=1S/C20H19N3O/c1-20(2)8-17-16(18(24)9-20)7-15(10-21)19(22-17)23-11-13-5-3-4-6-14(13)12-23/h3-7H,8-9,11-12H2,1-2H3. The average molecular weight is 317 g/mol. The second-order valence-corrected chi connectivity index (χ2v) is 7.53. The van der Waals surface area contributed by atoms with Crippen molar-refractivity contribution in [1.29, 1.82) is 5.26 Å². The number of pyridine rings is 1. The number of rotatable bonds is 1. The van der Waals surface area contributed by atoms with Gasteiger partial charge >= 0.3 is 0 Å². The number of carbonyl (C=O) groups is 1. The first-order valence-electron chi connectivity index (χ1n) is 8.26. The molecule has 24 heavy (non-hydrogen) atoms. The van der Waals surface area contributed by atoms with Gasteiger partial charge in [-0.2, -0.15) is 5.26 Å². The van der Waals surface area contributed by atoms with E-state index in [0.717, 1.165) is 25.2 Å². The van der Waals surface area contributed by atoms with E-state index in [1.54, 1.807) is 6.07 Å². The maximum absolute atomic E-state index is 12.4. The van der Waals surface area contributed by atoms with Crippen LogP contribution in [0, 0.1) is 16.7 Å². The summed E-state index contributed by atoms with van der Waals surface area (Å²) < 4.78 is 0. The topological polar surface area (TPSA) is 57.0 Å². The fourth-order valence-corrected chi connectivity index (χ4v) is 3.77. The first kappa shape index (κ1) is 14.9. The van der Waals surface area contributed by atoms with E-state index in [9.17, 15) is 10.1 Å². The predicted molar refractivity (Wildman–Crippen MR) is 91.7 cm³/mol. The second-order valence-electron chi connectivity index (χ2n) is 7.53. The average Bonchev–Trinajstić information content (AvgIpc) is 2.96.